The van der Waals surface area contributed by atoms with E-state index in [1.54, 1.807) is 12.3 Å². The summed E-state index contributed by atoms with van der Waals surface area (Å²) in [5, 5.41) is 1.96. The van der Waals surface area contributed by atoms with E-state index in [0.29, 0.717) is 22.9 Å². The van der Waals surface area contributed by atoms with Gasteiger partial charge >= 0.3 is 296 Å². The van der Waals surface area contributed by atoms with Crippen molar-refractivity contribution in [3.05, 3.63) is 226 Å². The van der Waals surface area contributed by atoms with E-state index in [4.69, 9.17) is 13.8 Å². The number of aromatic nitrogens is 4. The summed E-state index contributed by atoms with van der Waals surface area (Å²) in [4.78, 5) is 4.97. The van der Waals surface area contributed by atoms with Crippen LogP contribution >= 0.6 is 0 Å². The standard InChI is InChI=1S/C63H50N4O.Pt/c1-42-37-61(64-40-55(42)46-29-32-47(33-30-46)63(2,3)4)67-57-25-12-11-22-52(57)53-36-35-49(39-60(53)67)68-48-34-31-45-21-15-28-56(54(45)38-48)65-41-66(59-27-14-13-26-58(59)65)62-50(43-17-7-5-8-18-43)23-16-24-51(62)44-19-9-6-10-20-44;/h5-14,16-20,22-27,29-37,40,56H,15,21,28H2,1-4H3;/q-2;/i1D3;. The van der Waals surface area contributed by atoms with Crippen molar-refractivity contribution in [2.24, 2.45) is 0 Å². The fraction of sp³-hybridized carbons (Fsp3) is 0.143. The van der Waals surface area contributed by atoms with Crippen LogP contribution in [0.2, 0.25) is 0 Å². The Hall–Kier alpha value is -7.33. The van der Waals surface area contributed by atoms with Gasteiger partial charge in [-0.1, -0.05) is 63.2 Å². The molecule has 3 heterocycles. The number of para-hydroxylation sites is 4. The second-order valence-corrected chi connectivity index (χ2v) is 20.0. The van der Waals surface area contributed by atoms with Gasteiger partial charge in [-0.2, -0.15) is 0 Å². The van der Waals surface area contributed by atoms with Crippen LogP contribution in [0.3, 0.4) is 0 Å². The number of imidazole rings is 1. The molecule has 1 aliphatic rings. The summed E-state index contributed by atoms with van der Waals surface area (Å²) >= 11 is 2.55. The summed E-state index contributed by atoms with van der Waals surface area (Å²) in [6.45, 7) is 4.11. The SMILES string of the molecule is [2H]C([2H])([2H])c1cc(-n2c3[c-]c(Oc4[c-]c5c(cc4)CCCC5n4[c](=[Pt])n(-c5c(-c6ccccc6)cccc5-c5ccccc5)c5ccccc54)ccc3c3ccccc32)ncc1-c1ccc(C(C)(C)C)cc1. The second kappa shape index (κ2) is 17.3. The molecule has 0 fully saturated rings. The van der Waals surface area contributed by atoms with Gasteiger partial charge in [0.1, 0.15) is 0 Å². The molecule has 340 valence electrons. The van der Waals surface area contributed by atoms with Gasteiger partial charge in [-0.05, 0) is 41.1 Å². The molecular formula is C63H50N4OPt-2. The molecule has 69 heavy (non-hydrogen) atoms. The van der Waals surface area contributed by atoms with Crippen LogP contribution in [0.15, 0.2) is 188 Å². The Balaban J connectivity index is 0.953. The molecule has 0 saturated heterocycles. The molecule has 0 amide bonds. The number of aryl methyl sites for hydroxylation is 2. The van der Waals surface area contributed by atoms with Crippen molar-refractivity contribution in [3.8, 4) is 56.4 Å². The van der Waals surface area contributed by atoms with Gasteiger partial charge in [0, 0.05) is 15.9 Å². The molecule has 11 aromatic rings. The quantitative estimate of drug-likeness (QED) is 0.142. The van der Waals surface area contributed by atoms with Crippen LogP contribution < -0.4 is 4.74 Å². The third-order valence-electron chi connectivity index (χ3n) is 13.7. The molecule has 0 bridgehead atoms. The molecule has 1 atom stereocenters. The van der Waals surface area contributed by atoms with Crippen LogP contribution in [-0.4, -0.2) is 18.7 Å². The molecule has 0 N–H and O–H groups in total. The molecule has 0 saturated carbocycles. The average molecular weight is 1080 g/mol. The van der Waals surface area contributed by atoms with Crippen LogP contribution in [0.1, 0.15) is 66.0 Å². The number of pyridine rings is 1. The zero-order valence-corrected chi connectivity index (χ0v) is 40.9. The van der Waals surface area contributed by atoms with Crippen molar-refractivity contribution in [1.29, 1.82) is 0 Å². The molecule has 12 rings (SSSR count). The van der Waals surface area contributed by atoms with Crippen molar-refractivity contribution in [2.75, 3.05) is 0 Å². The number of hydrogen-bond acceptors (Lipinski definition) is 2. The molecule has 1 unspecified atom stereocenters. The van der Waals surface area contributed by atoms with Crippen LogP contribution in [0, 0.1) is 22.8 Å². The van der Waals surface area contributed by atoms with Gasteiger partial charge in [-0.3, -0.25) is 0 Å². The predicted octanol–water partition coefficient (Wildman–Crippen LogP) is 15.9. The van der Waals surface area contributed by atoms with Crippen molar-refractivity contribution in [1.82, 2.24) is 18.7 Å². The maximum atomic E-state index is 8.68. The molecule has 8 aromatic carbocycles. The molecule has 3 aromatic heterocycles. The van der Waals surface area contributed by atoms with Crippen LogP contribution in [0.5, 0.6) is 11.5 Å². The summed E-state index contributed by atoms with van der Waals surface area (Å²) in [6.07, 6.45) is 4.64. The van der Waals surface area contributed by atoms with Crippen LogP contribution in [0.25, 0.3) is 77.7 Å². The van der Waals surface area contributed by atoms with E-state index < -0.39 is 6.85 Å². The zero-order valence-electron chi connectivity index (χ0n) is 41.6. The fourth-order valence-electron chi connectivity index (χ4n) is 10.3. The van der Waals surface area contributed by atoms with E-state index in [-0.39, 0.29) is 17.0 Å². The van der Waals surface area contributed by atoms with E-state index >= 15 is 0 Å². The molecule has 0 radical (unpaired) electrons. The van der Waals surface area contributed by atoms with Gasteiger partial charge in [0.25, 0.3) is 0 Å². The van der Waals surface area contributed by atoms with E-state index in [0.717, 1.165) is 95.0 Å². The third kappa shape index (κ3) is 7.61. The number of benzene rings is 8. The molecule has 1 aliphatic carbocycles. The normalized spacial score (nSPS) is 14.7. The monoisotopic (exact) mass is 1080 g/mol. The Labute approximate surface area is 418 Å². The van der Waals surface area contributed by atoms with Crippen molar-refractivity contribution < 1.29 is 28.2 Å². The van der Waals surface area contributed by atoms with Gasteiger partial charge in [-0.25, -0.2) is 4.98 Å². The number of ether oxygens (including phenoxy) is 1. The summed E-state index contributed by atoms with van der Waals surface area (Å²) < 4.78 is 40.9. The smallest absolute Gasteiger partial charge is 0.238 e. The van der Waals surface area contributed by atoms with Gasteiger partial charge in [-0.15, -0.1) is 0 Å². The van der Waals surface area contributed by atoms with Crippen LogP contribution in [0.4, 0.5) is 0 Å². The van der Waals surface area contributed by atoms with E-state index in [9.17, 15) is 0 Å². The van der Waals surface area contributed by atoms with Crippen LogP contribution in [-0.2, 0) is 31.2 Å². The second-order valence-electron chi connectivity index (χ2n) is 19.0. The topological polar surface area (TPSA) is 36.9 Å². The minimum atomic E-state index is -2.39. The minimum absolute atomic E-state index is 0.00750. The Morgan fingerprint density at radius 3 is 1.97 bits per heavy atom. The van der Waals surface area contributed by atoms with Gasteiger partial charge in [0.2, 0.25) is 0 Å². The number of fused-ring (bicyclic) bond motifs is 5. The average Bonchev–Trinajstić information content (AvgIpc) is 3.88. The first kappa shape index (κ1) is 39.6. The summed E-state index contributed by atoms with van der Waals surface area (Å²) in [6, 6.07) is 70.4. The van der Waals surface area contributed by atoms with Gasteiger partial charge < -0.3 is 0 Å². The molecule has 5 nitrogen and oxygen atoms in total. The Bertz CT molecular complexity index is 3860. The molecule has 0 aliphatic heterocycles. The van der Waals surface area contributed by atoms with Gasteiger partial charge in [0.15, 0.2) is 0 Å². The summed E-state index contributed by atoms with van der Waals surface area (Å²) in [7, 11) is 0. The Morgan fingerprint density at radius 2 is 1.26 bits per heavy atom. The van der Waals surface area contributed by atoms with Crippen molar-refractivity contribution in [2.45, 2.75) is 58.3 Å². The Morgan fingerprint density at radius 1 is 0.623 bits per heavy atom. The maximum absolute atomic E-state index is 8.68. The summed E-state index contributed by atoms with van der Waals surface area (Å²) in [5.74, 6) is 1.61. The molecule has 6 heteroatoms. The minimum Gasteiger partial charge on any atom is -0.238 e. The number of nitrogens with zero attached hydrogens (tertiary/aromatic N) is 4. The first-order chi connectivity index (χ1) is 34.9. The predicted molar refractivity (Wildman–Crippen MR) is 278 cm³/mol. The zero-order chi connectivity index (χ0) is 49.3. The van der Waals surface area contributed by atoms with E-state index in [1.165, 1.54) is 11.1 Å². The van der Waals surface area contributed by atoms with Crippen molar-refractivity contribution in [3.63, 3.8) is 0 Å². The van der Waals surface area contributed by atoms with Gasteiger partial charge in [0.05, 0.1) is 0 Å². The van der Waals surface area contributed by atoms with Crippen molar-refractivity contribution >= 4 is 32.8 Å². The number of hydrogen-bond donors (Lipinski definition) is 0. The fourth-order valence-corrected chi connectivity index (χ4v) is 11.5. The third-order valence-corrected chi connectivity index (χ3v) is 14.8. The van der Waals surface area contributed by atoms with E-state index in [1.807, 2.05) is 47.0 Å². The Kier molecular flexibility index (Phi) is 9.95. The number of rotatable bonds is 8. The van der Waals surface area contributed by atoms with E-state index in [2.05, 4.69) is 195 Å². The molecule has 0 spiro atoms. The molecular weight excluding hydrogens is 1020 g/mol. The summed E-state index contributed by atoms with van der Waals surface area (Å²) in [5.41, 5.74) is 14.8. The first-order valence-corrected chi connectivity index (χ1v) is 24.8. The first-order valence-electron chi connectivity index (χ1n) is 25.1.